The molecule has 0 aliphatic heterocycles. The Morgan fingerprint density at radius 2 is 2.11 bits per heavy atom. The van der Waals surface area contributed by atoms with Crippen LogP contribution < -0.4 is 15.0 Å². The summed E-state index contributed by atoms with van der Waals surface area (Å²) in [5.74, 6) is 1.99. The molecule has 6 heteroatoms. The van der Waals surface area contributed by atoms with E-state index in [0.717, 1.165) is 12.5 Å². The summed E-state index contributed by atoms with van der Waals surface area (Å²) in [4.78, 5) is 14.9. The normalized spacial score (nSPS) is 15.1. The summed E-state index contributed by atoms with van der Waals surface area (Å²) in [6.07, 6.45) is 3.97. The number of hydrogen-bond acceptors (Lipinski definition) is 6. The first-order valence-electron chi connectivity index (χ1n) is 6.50. The minimum atomic E-state index is 0.382. The van der Waals surface area contributed by atoms with Crippen LogP contribution in [0.3, 0.4) is 0 Å². The van der Waals surface area contributed by atoms with E-state index in [1.807, 2.05) is 14.0 Å². The van der Waals surface area contributed by atoms with E-state index in [4.69, 9.17) is 4.74 Å². The third-order valence-electron chi connectivity index (χ3n) is 3.20. The molecule has 0 radical (unpaired) electrons. The third kappa shape index (κ3) is 3.00. The van der Waals surface area contributed by atoms with E-state index in [0.29, 0.717) is 24.5 Å². The maximum atomic E-state index is 5.36. The Morgan fingerprint density at radius 3 is 2.67 bits per heavy atom. The zero-order chi connectivity index (χ0) is 13.0. The summed E-state index contributed by atoms with van der Waals surface area (Å²) < 4.78 is 5.36. The molecule has 100 valence electrons. The number of aromatic nitrogens is 3. The van der Waals surface area contributed by atoms with Gasteiger partial charge in [-0.3, -0.25) is 0 Å². The second-order valence-corrected chi connectivity index (χ2v) is 4.60. The minimum absolute atomic E-state index is 0.382. The number of hydrogen-bond donors (Lipinski definition) is 1. The van der Waals surface area contributed by atoms with Crippen LogP contribution in [0.25, 0.3) is 0 Å². The number of anilines is 2. The molecule has 0 atom stereocenters. The van der Waals surface area contributed by atoms with Gasteiger partial charge in [0.25, 0.3) is 0 Å². The van der Waals surface area contributed by atoms with Crippen molar-refractivity contribution in [1.29, 1.82) is 0 Å². The molecule has 2 rings (SSSR count). The highest BCUT2D eigenvalue weighted by Crippen LogP contribution is 2.27. The van der Waals surface area contributed by atoms with Crippen LogP contribution in [0.2, 0.25) is 0 Å². The Labute approximate surface area is 108 Å². The fourth-order valence-electron chi connectivity index (χ4n) is 1.97. The van der Waals surface area contributed by atoms with Gasteiger partial charge in [0.15, 0.2) is 0 Å². The molecule has 0 amide bonds. The summed E-state index contributed by atoms with van der Waals surface area (Å²) in [6.45, 7) is 3.47. The molecule has 6 nitrogen and oxygen atoms in total. The van der Waals surface area contributed by atoms with Crippen LogP contribution in [-0.2, 0) is 0 Å². The van der Waals surface area contributed by atoms with Crippen LogP contribution in [0.1, 0.15) is 26.2 Å². The van der Waals surface area contributed by atoms with E-state index >= 15 is 0 Å². The zero-order valence-corrected chi connectivity index (χ0v) is 11.3. The van der Waals surface area contributed by atoms with E-state index in [1.165, 1.54) is 19.3 Å². The molecule has 1 saturated carbocycles. The van der Waals surface area contributed by atoms with Crippen molar-refractivity contribution in [3.05, 3.63) is 0 Å². The summed E-state index contributed by atoms with van der Waals surface area (Å²) in [5, 5.41) is 2.93. The Kier molecular flexibility index (Phi) is 4.17. The summed E-state index contributed by atoms with van der Waals surface area (Å²) in [5.41, 5.74) is 0. The van der Waals surface area contributed by atoms with Crippen LogP contribution in [0.4, 0.5) is 11.9 Å². The smallest absolute Gasteiger partial charge is 0.323 e. The van der Waals surface area contributed by atoms with Crippen LogP contribution in [0.15, 0.2) is 0 Å². The van der Waals surface area contributed by atoms with Gasteiger partial charge in [0.1, 0.15) is 0 Å². The van der Waals surface area contributed by atoms with E-state index in [9.17, 15) is 0 Å². The number of ether oxygens (including phenoxy) is 1. The number of nitrogens with zero attached hydrogens (tertiary/aromatic N) is 4. The van der Waals surface area contributed by atoms with Crippen LogP contribution >= 0.6 is 0 Å². The first-order chi connectivity index (χ1) is 8.72. The van der Waals surface area contributed by atoms with Crippen molar-refractivity contribution in [2.24, 2.45) is 5.92 Å². The van der Waals surface area contributed by atoms with Crippen molar-refractivity contribution in [1.82, 2.24) is 15.0 Å². The molecule has 1 aliphatic carbocycles. The fourth-order valence-corrected chi connectivity index (χ4v) is 1.97. The molecule has 0 aromatic carbocycles. The third-order valence-corrected chi connectivity index (χ3v) is 3.20. The molecule has 1 aromatic rings. The van der Waals surface area contributed by atoms with Crippen molar-refractivity contribution in [3.8, 4) is 6.01 Å². The van der Waals surface area contributed by atoms with E-state index in [-0.39, 0.29) is 0 Å². The van der Waals surface area contributed by atoms with Crippen molar-refractivity contribution in [2.75, 3.05) is 37.5 Å². The Bertz CT molecular complexity index is 394. The van der Waals surface area contributed by atoms with Gasteiger partial charge >= 0.3 is 6.01 Å². The molecule has 0 saturated heterocycles. The van der Waals surface area contributed by atoms with E-state index in [2.05, 4.69) is 25.2 Å². The minimum Gasteiger partial charge on any atom is -0.464 e. The second kappa shape index (κ2) is 5.84. The molecule has 1 N–H and O–H groups in total. The average Bonchev–Trinajstić information content (AvgIpc) is 2.33. The largest absolute Gasteiger partial charge is 0.464 e. The highest BCUT2D eigenvalue weighted by Gasteiger charge is 2.21. The Hall–Kier alpha value is -1.59. The SMILES string of the molecule is CCOc1nc(NC)nc(N(C)CC2CCC2)n1. The molecular weight excluding hydrogens is 230 g/mol. The van der Waals surface area contributed by atoms with Gasteiger partial charge in [0.2, 0.25) is 11.9 Å². The van der Waals surface area contributed by atoms with E-state index in [1.54, 1.807) is 7.05 Å². The summed E-state index contributed by atoms with van der Waals surface area (Å²) in [6, 6.07) is 0.382. The Balaban J connectivity index is 2.10. The standard InChI is InChI=1S/C12H21N5O/c1-4-18-12-15-10(13-2)14-11(16-12)17(3)8-9-6-5-7-9/h9H,4-8H2,1-3H3,(H,13,14,15,16). The van der Waals surface area contributed by atoms with Gasteiger partial charge in [-0.15, -0.1) is 0 Å². The second-order valence-electron chi connectivity index (χ2n) is 4.60. The van der Waals surface area contributed by atoms with Gasteiger partial charge in [-0.2, -0.15) is 15.0 Å². The first kappa shape index (κ1) is 12.9. The predicted molar refractivity (Wildman–Crippen MR) is 71.2 cm³/mol. The van der Waals surface area contributed by atoms with Gasteiger partial charge in [-0.1, -0.05) is 6.42 Å². The van der Waals surface area contributed by atoms with Crippen molar-refractivity contribution in [2.45, 2.75) is 26.2 Å². The van der Waals surface area contributed by atoms with Crippen LogP contribution in [-0.4, -0.2) is 42.2 Å². The van der Waals surface area contributed by atoms with Gasteiger partial charge in [-0.25, -0.2) is 0 Å². The predicted octanol–water partition coefficient (Wildman–Crippen LogP) is 1.55. The van der Waals surface area contributed by atoms with Gasteiger partial charge in [0, 0.05) is 20.6 Å². The van der Waals surface area contributed by atoms with Gasteiger partial charge in [0.05, 0.1) is 6.61 Å². The molecule has 1 fully saturated rings. The molecule has 0 unspecified atom stereocenters. The highest BCUT2D eigenvalue weighted by molar-refractivity contribution is 5.37. The lowest BCUT2D eigenvalue weighted by Crippen LogP contribution is -2.30. The lowest BCUT2D eigenvalue weighted by molar-refractivity contribution is 0.308. The quantitative estimate of drug-likeness (QED) is 0.827. The monoisotopic (exact) mass is 251 g/mol. The topological polar surface area (TPSA) is 63.2 Å². The van der Waals surface area contributed by atoms with Crippen molar-refractivity contribution < 1.29 is 4.74 Å². The zero-order valence-electron chi connectivity index (χ0n) is 11.3. The molecule has 1 aromatic heterocycles. The lowest BCUT2D eigenvalue weighted by Gasteiger charge is -2.30. The molecule has 1 aliphatic rings. The first-order valence-corrected chi connectivity index (χ1v) is 6.50. The van der Waals surface area contributed by atoms with Crippen LogP contribution in [0, 0.1) is 5.92 Å². The maximum Gasteiger partial charge on any atom is 0.323 e. The van der Waals surface area contributed by atoms with E-state index < -0.39 is 0 Å². The number of nitrogens with one attached hydrogen (secondary N) is 1. The van der Waals surface area contributed by atoms with Crippen molar-refractivity contribution in [3.63, 3.8) is 0 Å². The van der Waals surface area contributed by atoms with Crippen LogP contribution in [0.5, 0.6) is 6.01 Å². The van der Waals surface area contributed by atoms with Gasteiger partial charge in [-0.05, 0) is 25.7 Å². The maximum absolute atomic E-state index is 5.36. The number of rotatable bonds is 6. The fraction of sp³-hybridized carbons (Fsp3) is 0.750. The molecule has 1 heterocycles. The lowest BCUT2D eigenvalue weighted by atomic mass is 9.85. The molecular formula is C12H21N5O. The summed E-state index contributed by atoms with van der Waals surface area (Å²) in [7, 11) is 3.81. The summed E-state index contributed by atoms with van der Waals surface area (Å²) >= 11 is 0. The molecule has 18 heavy (non-hydrogen) atoms. The highest BCUT2D eigenvalue weighted by atomic mass is 16.5. The van der Waals surface area contributed by atoms with Gasteiger partial charge < -0.3 is 15.0 Å². The Morgan fingerprint density at radius 1 is 1.33 bits per heavy atom. The molecule has 0 spiro atoms. The average molecular weight is 251 g/mol. The van der Waals surface area contributed by atoms with Crippen molar-refractivity contribution >= 4 is 11.9 Å². The molecule has 0 bridgehead atoms.